The molecule has 2 heterocycles. The second-order valence-electron chi connectivity index (χ2n) is 6.02. The molecule has 2 N–H and O–H groups in total. The van der Waals surface area contributed by atoms with Gasteiger partial charge in [-0.2, -0.15) is 0 Å². The number of amides is 1. The molecule has 0 spiro atoms. The van der Waals surface area contributed by atoms with E-state index in [1.54, 1.807) is 0 Å². The van der Waals surface area contributed by atoms with Gasteiger partial charge in [0.05, 0.1) is 5.56 Å². The number of fused-ring (bicyclic) bond motifs is 1. The molecule has 0 atom stereocenters. The van der Waals surface area contributed by atoms with Gasteiger partial charge in [-0.25, -0.2) is 0 Å². The summed E-state index contributed by atoms with van der Waals surface area (Å²) in [5, 5.41) is 3.07. The number of aromatic amines is 1. The van der Waals surface area contributed by atoms with E-state index in [4.69, 9.17) is 0 Å². The molecule has 0 unspecified atom stereocenters. The number of hydrogen-bond donors (Lipinski definition) is 2. The van der Waals surface area contributed by atoms with E-state index >= 15 is 0 Å². The number of hydrogen-bond acceptors (Lipinski definition) is 2. The number of aromatic nitrogens is 1. The van der Waals surface area contributed by atoms with E-state index in [-0.39, 0.29) is 5.91 Å². The third-order valence-electron chi connectivity index (χ3n) is 4.56. The first-order valence-corrected chi connectivity index (χ1v) is 8.04. The maximum Gasteiger partial charge on any atom is 0.253 e. The lowest BCUT2D eigenvalue weighted by atomic mass is 9.95. The molecule has 1 fully saturated rings. The van der Waals surface area contributed by atoms with Crippen LogP contribution in [0.3, 0.4) is 0 Å². The molecule has 1 aliphatic carbocycles. The van der Waals surface area contributed by atoms with Gasteiger partial charge in [-0.05, 0) is 70.1 Å². The molecular formula is C16H25N3O. The highest BCUT2D eigenvalue weighted by Crippen LogP contribution is 2.23. The van der Waals surface area contributed by atoms with Crippen LogP contribution in [0.2, 0.25) is 0 Å². The van der Waals surface area contributed by atoms with Gasteiger partial charge >= 0.3 is 0 Å². The summed E-state index contributed by atoms with van der Waals surface area (Å²) in [4.78, 5) is 18.0. The molecule has 0 bridgehead atoms. The van der Waals surface area contributed by atoms with Crippen molar-refractivity contribution < 1.29 is 4.79 Å². The maximum absolute atomic E-state index is 12.2. The van der Waals surface area contributed by atoms with E-state index in [1.807, 2.05) is 6.20 Å². The first-order chi connectivity index (χ1) is 9.84. The van der Waals surface area contributed by atoms with Gasteiger partial charge in [-0.1, -0.05) is 0 Å². The largest absolute Gasteiger partial charge is 0.364 e. The highest BCUT2D eigenvalue weighted by atomic mass is 16.1. The van der Waals surface area contributed by atoms with Gasteiger partial charge in [0.25, 0.3) is 5.91 Å². The number of rotatable bonds is 5. The van der Waals surface area contributed by atoms with Crippen LogP contribution in [-0.2, 0) is 12.8 Å². The monoisotopic (exact) mass is 275 g/mol. The molecular weight excluding hydrogens is 250 g/mol. The summed E-state index contributed by atoms with van der Waals surface area (Å²) < 4.78 is 0. The van der Waals surface area contributed by atoms with Crippen molar-refractivity contribution in [3.05, 3.63) is 23.0 Å². The number of carbonyl (C=O) groups is 1. The summed E-state index contributed by atoms with van der Waals surface area (Å²) in [6, 6.07) is 0. The van der Waals surface area contributed by atoms with Crippen LogP contribution in [0, 0.1) is 0 Å². The van der Waals surface area contributed by atoms with E-state index in [0.29, 0.717) is 0 Å². The maximum atomic E-state index is 12.2. The third kappa shape index (κ3) is 3.06. The average Bonchev–Trinajstić information content (AvgIpc) is 3.12. The first-order valence-electron chi connectivity index (χ1n) is 8.04. The smallest absolute Gasteiger partial charge is 0.253 e. The number of H-pyrrole nitrogens is 1. The molecule has 4 nitrogen and oxygen atoms in total. The minimum absolute atomic E-state index is 0.103. The fraction of sp³-hybridized carbons (Fsp3) is 0.688. The van der Waals surface area contributed by atoms with E-state index < -0.39 is 0 Å². The van der Waals surface area contributed by atoms with E-state index in [0.717, 1.165) is 37.9 Å². The SMILES string of the molecule is O=C(NCCCN1CCCC1)c1c[nH]c2c1CCCC2. The zero-order valence-electron chi connectivity index (χ0n) is 12.2. The molecule has 110 valence electrons. The number of nitrogens with zero attached hydrogens (tertiary/aromatic N) is 1. The van der Waals surface area contributed by atoms with Gasteiger partial charge in [0.2, 0.25) is 0 Å². The fourth-order valence-corrected chi connectivity index (χ4v) is 3.42. The molecule has 1 saturated heterocycles. The number of likely N-dealkylation sites (tertiary alicyclic amines) is 1. The Kier molecular flexibility index (Phi) is 4.41. The summed E-state index contributed by atoms with van der Waals surface area (Å²) in [5.74, 6) is 0.103. The van der Waals surface area contributed by atoms with Crippen LogP contribution in [0.4, 0.5) is 0 Å². The van der Waals surface area contributed by atoms with E-state index in [1.165, 1.54) is 50.0 Å². The standard InChI is InChI=1S/C16H25N3O/c20-16(17-8-5-11-19-9-3-4-10-19)14-12-18-15-7-2-1-6-13(14)15/h12,18H,1-11H2,(H,17,20). The fourth-order valence-electron chi connectivity index (χ4n) is 3.42. The zero-order chi connectivity index (χ0) is 13.8. The Morgan fingerprint density at radius 3 is 2.85 bits per heavy atom. The van der Waals surface area contributed by atoms with Crippen molar-refractivity contribution in [2.24, 2.45) is 0 Å². The second kappa shape index (κ2) is 6.44. The third-order valence-corrected chi connectivity index (χ3v) is 4.56. The summed E-state index contributed by atoms with van der Waals surface area (Å²) in [7, 11) is 0. The summed E-state index contributed by atoms with van der Waals surface area (Å²) in [6.07, 6.45) is 10.2. The Morgan fingerprint density at radius 2 is 2.00 bits per heavy atom. The highest BCUT2D eigenvalue weighted by Gasteiger charge is 2.19. The number of carbonyl (C=O) groups excluding carboxylic acids is 1. The van der Waals surface area contributed by atoms with Crippen molar-refractivity contribution in [2.45, 2.75) is 44.9 Å². The predicted octanol–water partition coefficient (Wildman–Crippen LogP) is 2.11. The van der Waals surface area contributed by atoms with Gasteiger partial charge in [0, 0.05) is 18.4 Å². The van der Waals surface area contributed by atoms with Crippen LogP contribution in [0.5, 0.6) is 0 Å². The molecule has 20 heavy (non-hydrogen) atoms. The van der Waals surface area contributed by atoms with Gasteiger partial charge in [0.15, 0.2) is 0 Å². The van der Waals surface area contributed by atoms with Gasteiger partial charge in [-0.3, -0.25) is 4.79 Å². The van der Waals surface area contributed by atoms with Crippen LogP contribution in [-0.4, -0.2) is 42.0 Å². The molecule has 3 rings (SSSR count). The number of nitrogens with one attached hydrogen (secondary N) is 2. The number of aryl methyl sites for hydroxylation is 1. The second-order valence-corrected chi connectivity index (χ2v) is 6.02. The van der Waals surface area contributed by atoms with Gasteiger partial charge in [0.1, 0.15) is 0 Å². The van der Waals surface area contributed by atoms with E-state index in [9.17, 15) is 4.79 Å². The summed E-state index contributed by atoms with van der Waals surface area (Å²) >= 11 is 0. The van der Waals surface area contributed by atoms with Crippen LogP contribution in [0.1, 0.15) is 53.7 Å². The van der Waals surface area contributed by atoms with Crippen LogP contribution in [0.25, 0.3) is 0 Å². The Balaban J connectivity index is 1.45. The molecule has 4 heteroatoms. The molecule has 0 aromatic carbocycles. The Morgan fingerprint density at radius 1 is 1.20 bits per heavy atom. The van der Waals surface area contributed by atoms with Crippen molar-refractivity contribution in [3.63, 3.8) is 0 Å². The lowest BCUT2D eigenvalue weighted by Crippen LogP contribution is -2.29. The summed E-state index contributed by atoms with van der Waals surface area (Å²) in [6.45, 7) is 4.37. The first kappa shape index (κ1) is 13.7. The Hall–Kier alpha value is -1.29. The molecule has 2 aliphatic rings. The van der Waals surface area contributed by atoms with Crippen molar-refractivity contribution >= 4 is 5.91 Å². The van der Waals surface area contributed by atoms with Crippen molar-refractivity contribution in [1.82, 2.24) is 15.2 Å². The van der Waals surface area contributed by atoms with Gasteiger partial charge in [-0.15, -0.1) is 0 Å². The lowest BCUT2D eigenvalue weighted by molar-refractivity contribution is 0.0951. The average molecular weight is 275 g/mol. The quantitative estimate of drug-likeness (QED) is 0.809. The molecule has 1 aliphatic heterocycles. The molecule has 1 amide bonds. The van der Waals surface area contributed by atoms with Crippen molar-refractivity contribution in [3.8, 4) is 0 Å². The lowest BCUT2D eigenvalue weighted by Gasteiger charge is -2.15. The molecule has 0 radical (unpaired) electrons. The Labute approximate surface area is 120 Å². The normalized spacial score (nSPS) is 19.0. The topological polar surface area (TPSA) is 48.1 Å². The zero-order valence-corrected chi connectivity index (χ0v) is 12.2. The predicted molar refractivity (Wildman–Crippen MR) is 80.1 cm³/mol. The van der Waals surface area contributed by atoms with Crippen LogP contribution < -0.4 is 5.32 Å². The van der Waals surface area contributed by atoms with E-state index in [2.05, 4.69) is 15.2 Å². The highest BCUT2D eigenvalue weighted by molar-refractivity contribution is 5.95. The Bertz CT molecular complexity index is 460. The minimum atomic E-state index is 0.103. The minimum Gasteiger partial charge on any atom is -0.364 e. The summed E-state index contributed by atoms with van der Waals surface area (Å²) in [5.41, 5.74) is 3.41. The van der Waals surface area contributed by atoms with Gasteiger partial charge < -0.3 is 15.2 Å². The van der Waals surface area contributed by atoms with Crippen LogP contribution >= 0.6 is 0 Å². The molecule has 0 saturated carbocycles. The van der Waals surface area contributed by atoms with Crippen molar-refractivity contribution in [1.29, 1.82) is 0 Å². The van der Waals surface area contributed by atoms with Crippen molar-refractivity contribution in [2.75, 3.05) is 26.2 Å². The molecule has 1 aromatic heterocycles. The van der Waals surface area contributed by atoms with Crippen LogP contribution in [0.15, 0.2) is 6.20 Å². The molecule has 1 aromatic rings.